The number of hydrogen-bond donors (Lipinski definition) is 4. The number of nitrogens with one attached hydrogen (secondary N) is 2. The van der Waals surface area contributed by atoms with E-state index in [0.29, 0.717) is 6.04 Å². The van der Waals surface area contributed by atoms with Gasteiger partial charge >= 0.3 is 0 Å². The number of nitrogens with zero attached hydrogens (tertiary/aromatic N) is 2. The van der Waals surface area contributed by atoms with Crippen LogP contribution >= 0.6 is 0 Å². The van der Waals surface area contributed by atoms with Gasteiger partial charge in [-0.25, -0.2) is 0 Å². The van der Waals surface area contributed by atoms with Gasteiger partial charge in [0.2, 0.25) is 0 Å². The van der Waals surface area contributed by atoms with Gasteiger partial charge in [0.05, 0.1) is 37.2 Å². The molecule has 0 radical (unpaired) electrons. The lowest BCUT2D eigenvalue weighted by Crippen LogP contribution is -3.09. The minimum atomic E-state index is -0.559. The van der Waals surface area contributed by atoms with E-state index in [0.717, 1.165) is 50.9 Å². The van der Waals surface area contributed by atoms with Crippen molar-refractivity contribution in [1.29, 1.82) is 0 Å². The van der Waals surface area contributed by atoms with Crippen LogP contribution in [0, 0.1) is 11.8 Å². The lowest BCUT2D eigenvalue weighted by molar-refractivity contribution is -0.877. The second-order valence-electron chi connectivity index (χ2n) is 14.3. The minimum absolute atomic E-state index is 0.0411. The molecule has 2 unspecified atom stereocenters. The number of hydrogen-bond acceptors (Lipinski definition) is 4. The van der Waals surface area contributed by atoms with Crippen LogP contribution in [0.2, 0.25) is 0 Å². The van der Waals surface area contributed by atoms with Crippen LogP contribution in [0.1, 0.15) is 49.0 Å². The Morgan fingerprint density at radius 2 is 2.00 bits per heavy atom. The van der Waals surface area contributed by atoms with Crippen LogP contribution in [-0.2, 0) is 11.8 Å². The van der Waals surface area contributed by atoms with E-state index in [9.17, 15) is 10.2 Å². The number of allylic oxidation sites excluding steroid dienone is 1. The molecule has 4 N–H and O–H groups in total. The maximum atomic E-state index is 12.7. The summed E-state index contributed by atoms with van der Waals surface area (Å²) in [5, 5.41) is 24.1. The van der Waals surface area contributed by atoms with E-state index in [2.05, 4.69) is 94.8 Å². The Bertz CT molecular complexity index is 1850. The van der Waals surface area contributed by atoms with Gasteiger partial charge < -0.3 is 20.1 Å². The van der Waals surface area contributed by atoms with Gasteiger partial charge in [-0.3, -0.25) is 9.80 Å². The third-order valence-electron chi connectivity index (χ3n) is 12.8. The molecule has 7 heterocycles. The molecule has 8 atom stereocenters. The van der Waals surface area contributed by atoms with Crippen molar-refractivity contribution < 1.29 is 15.1 Å². The van der Waals surface area contributed by atoms with Crippen LogP contribution in [0.15, 0.2) is 95.4 Å². The maximum absolute atomic E-state index is 12.7. The Morgan fingerprint density at radius 3 is 2.89 bits per heavy atom. The van der Waals surface area contributed by atoms with Crippen molar-refractivity contribution in [3.63, 3.8) is 0 Å². The zero-order valence-corrected chi connectivity index (χ0v) is 25.3. The smallest absolute Gasteiger partial charge is 0.152 e. The van der Waals surface area contributed by atoms with E-state index in [4.69, 9.17) is 0 Å². The Balaban J connectivity index is 1.16. The Hall–Kier alpha value is -3.42. The summed E-state index contributed by atoms with van der Waals surface area (Å²) in [5.74, 6) is 0.349. The summed E-state index contributed by atoms with van der Waals surface area (Å²) in [6.45, 7) is 5.41. The molecule has 3 fully saturated rings. The number of rotatable bonds is 3. The highest BCUT2D eigenvalue weighted by Gasteiger charge is 2.69. The van der Waals surface area contributed by atoms with Gasteiger partial charge in [0.1, 0.15) is 0 Å². The lowest BCUT2D eigenvalue weighted by atomic mass is 9.53. The number of aromatic amines is 1. The van der Waals surface area contributed by atoms with Gasteiger partial charge in [-0.15, -0.1) is 0 Å². The number of benzene rings is 2. The Morgan fingerprint density at radius 1 is 1.14 bits per heavy atom. The Kier molecular flexibility index (Phi) is 5.33. The van der Waals surface area contributed by atoms with Crippen LogP contribution in [0.3, 0.4) is 0 Å². The summed E-state index contributed by atoms with van der Waals surface area (Å²) in [7, 11) is 0. The summed E-state index contributed by atoms with van der Waals surface area (Å²) in [6.07, 6.45) is 13.0. The zero-order chi connectivity index (χ0) is 29.3. The van der Waals surface area contributed by atoms with Crippen LogP contribution in [-0.4, -0.2) is 64.5 Å². The fourth-order valence-corrected chi connectivity index (χ4v) is 11.1. The van der Waals surface area contributed by atoms with Crippen LogP contribution in [0.25, 0.3) is 10.9 Å². The first-order valence-electron chi connectivity index (χ1n) is 16.8. The topological polar surface area (TPSA) is 67.2 Å². The summed E-state index contributed by atoms with van der Waals surface area (Å²) in [5.41, 5.74) is 11.8. The molecule has 2 saturated heterocycles. The highest BCUT2D eigenvalue weighted by Crippen LogP contribution is 2.65. The van der Waals surface area contributed by atoms with Gasteiger partial charge in [-0.2, -0.15) is 0 Å². The second kappa shape index (κ2) is 9.07. The third kappa shape index (κ3) is 3.10. The van der Waals surface area contributed by atoms with E-state index in [1.54, 1.807) is 0 Å². The molecule has 6 nitrogen and oxygen atoms in total. The van der Waals surface area contributed by atoms with Gasteiger partial charge in [-0.1, -0.05) is 55.0 Å². The average Bonchev–Trinajstić information content (AvgIpc) is 3.73. The molecule has 1 spiro atoms. The van der Waals surface area contributed by atoms with Gasteiger partial charge in [-0.05, 0) is 66.6 Å². The molecule has 3 aromatic rings. The molecule has 1 saturated carbocycles. The fourth-order valence-electron chi connectivity index (χ4n) is 11.1. The monoisotopic (exact) mass is 585 g/mol. The molecule has 1 aromatic heterocycles. The number of H-pyrrole nitrogens is 1. The molecule has 0 amide bonds. The summed E-state index contributed by atoms with van der Waals surface area (Å²) < 4.78 is 0. The number of anilines is 1. The van der Waals surface area contributed by atoms with E-state index >= 15 is 0 Å². The number of fused-ring (bicyclic) bond motifs is 9. The Labute approximate surface area is 258 Å². The first-order valence-corrected chi connectivity index (χ1v) is 16.8. The lowest BCUT2D eigenvalue weighted by Gasteiger charge is -2.59. The molecule has 6 heteroatoms. The van der Waals surface area contributed by atoms with Crippen molar-refractivity contribution >= 4 is 16.6 Å². The normalized spacial score (nSPS) is 37.2. The van der Waals surface area contributed by atoms with Crippen LogP contribution < -0.4 is 9.80 Å². The van der Waals surface area contributed by atoms with E-state index in [-0.39, 0.29) is 35.9 Å². The molecule has 44 heavy (non-hydrogen) atoms. The van der Waals surface area contributed by atoms with Crippen molar-refractivity contribution in [3.05, 3.63) is 112 Å². The maximum Gasteiger partial charge on any atom is 0.152 e. The van der Waals surface area contributed by atoms with E-state index in [1.807, 2.05) is 0 Å². The van der Waals surface area contributed by atoms with Crippen molar-refractivity contribution in [2.45, 2.75) is 62.3 Å². The molecule has 224 valence electrons. The van der Waals surface area contributed by atoms with Gasteiger partial charge in [0.25, 0.3) is 0 Å². The van der Waals surface area contributed by atoms with Crippen molar-refractivity contribution in [2.75, 3.05) is 31.1 Å². The van der Waals surface area contributed by atoms with Crippen molar-refractivity contribution in [2.24, 2.45) is 11.8 Å². The summed E-state index contributed by atoms with van der Waals surface area (Å²) in [4.78, 5) is 10.6. The second-order valence-corrected chi connectivity index (χ2v) is 14.3. The summed E-state index contributed by atoms with van der Waals surface area (Å²) >= 11 is 0. The van der Waals surface area contributed by atoms with E-state index < -0.39 is 6.10 Å². The van der Waals surface area contributed by atoms with Crippen LogP contribution in [0.4, 0.5) is 5.69 Å². The van der Waals surface area contributed by atoms with E-state index in [1.165, 1.54) is 55.0 Å². The number of aliphatic hydroxyl groups is 2. The minimum Gasteiger partial charge on any atom is -0.392 e. The van der Waals surface area contributed by atoms with Crippen LogP contribution in [0.5, 0.6) is 0 Å². The molecule has 6 aliphatic heterocycles. The SMILES string of the molecule is CCC1=C[NH+]2CCc3c([nH]c4ccccc34)C2C=C1C1=CN2c3ccccc3[C@]34CCN5CC(=CCO)[C@H](C[C@H]53)[C@@H]([C@@H]1O)[C@H]24. The first kappa shape index (κ1) is 25.9. The van der Waals surface area contributed by atoms with Gasteiger partial charge in [0, 0.05) is 64.3 Å². The highest BCUT2D eigenvalue weighted by molar-refractivity contribution is 5.85. The zero-order valence-electron chi connectivity index (χ0n) is 25.3. The highest BCUT2D eigenvalue weighted by atomic mass is 16.3. The molecule has 10 rings (SSSR count). The number of aromatic nitrogens is 1. The molecular weight excluding hydrogens is 544 g/mol. The third-order valence-corrected chi connectivity index (χ3v) is 12.8. The fraction of sp³-hybridized carbons (Fsp3) is 0.421. The standard InChI is InChI=1S/C38H40N4O2/c1-2-22-19-40-14-11-25-24-7-3-5-9-30(24)39-35(25)32(40)17-26(22)28-21-42-31-10-6-4-8-29(31)38-13-15-41-20-23(12-16-43)27(18-33(38)41)34(36(28)44)37(38)42/h3-10,12,17,19,21,27,32-34,36-37,39,43-44H,2,11,13-16,18,20H2,1H3/p+1/t27-,32?,33-,34-,36+,37-,38+/m0/s1. The predicted molar refractivity (Wildman–Crippen MR) is 172 cm³/mol. The number of aliphatic hydroxyl groups excluding tert-OH is 2. The number of para-hydroxylation sites is 2. The first-order chi connectivity index (χ1) is 21.6. The van der Waals surface area contributed by atoms with Crippen molar-refractivity contribution in [1.82, 2.24) is 9.88 Å². The average molecular weight is 586 g/mol. The molecule has 2 aromatic carbocycles. The summed E-state index contributed by atoms with van der Waals surface area (Å²) in [6, 6.07) is 18.7. The molecule has 2 bridgehead atoms. The molecular formula is C38H41N4O2+. The van der Waals surface area contributed by atoms with Gasteiger partial charge in [0.15, 0.2) is 6.04 Å². The molecule has 7 aliphatic rings. The number of quaternary nitrogens is 1. The quantitative estimate of drug-likeness (QED) is 0.352. The predicted octanol–water partition coefficient (Wildman–Crippen LogP) is 3.91. The number of piperidine rings is 1. The largest absolute Gasteiger partial charge is 0.392 e. The molecule has 1 aliphatic carbocycles. The van der Waals surface area contributed by atoms with Crippen molar-refractivity contribution in [3.8, 4) is 0 Å².